The van der Waals surface area contributed by atoms with E-state index in [4.69, 9.17) is 28.9 Å². The van der Waals surface area contributed by atoms with Crippen molar-refractivity contribution in [2.24, 2.45) is 5.73 Å². The average Bonchev–Trinajstić information content (AvgIpc) is 2.09. The van der Waals surface area contributed by atoms with E-state index in [0.717, 1.165) is 0 Å². The Kier molecular flexibility index (Phi) is 3.87. The minimum Gasteiger partial charge on any atom is -0.320 e. The number of pyridine rings is 1. The van der Waals surface area contributed by atoms with Gasteiger partial charge in [-0.25, -0.2) is 13.8 Å². The maximum Gasteiger partial charge on any atom is 0.256 e. The first-order valence-electron chi connectivity index (χ1n) is 4.21. The van der Waals surface area contributed by atoms with Crippen molar-refractivity contribution in [3.8, 4) is 0 Å². The molecule has 1 heterocycles. The summed E-state index contributed by atoms with van der Waals surface area (Å²) in [6, 6.07) is 3.04. The summed E-state index contributed by atoms with van der Waals surface area (Å²) in [5.74, 6) is 0. The molecule has 84 valence electrons. The van der Waals surface area contributed by atoms with Gasteiger partial charge in [0.25, 0.3) is 6.43 Å². The third kappa shape index (κ3) is 3.26. The SMILES string of the molecule is CC(N)(Cc1ccc(Cl)nc1Cl)C(F)F. The van der Waals surface area contributed by atoms with Gasteiger partial charge in [0.1, 0.15) is 10.3 Å². The molecule has 1 aromatic heterocycles. The maximum absolute atomic E-state index is 12.5. The predicted molar refractivity (Wildman–Crippen MR) is 56.6 cm³/mol. The third-order valence-electron chi connectivity index (χ3n) is 1.96. The second-order valence-corrected chi connectivity index (χ2v) is 4.31. The first kappa shape index (κ1) is 12.6. The van der Waals surface area contributed by atoms with Gasteiger partial charge in [-0.15, -0.1) is 0 Å². The lowest BCUT2D eigenvalue weighted by molar-refractivity contribution is 0.0639. The van der Waals surface area contributed by atoms with Crippen LogP contribution >= 0.6 is 23.2 Å². The highest BCUT2D eigenvalue weighted by molar-refractivity contribution is 6.32. The first-order valence-corrected chi connectivity index (χ1v) is 4.96. The number of hydrogen-bond donors (Lipinski definition) is 1. The van der Waals surface area contributed by atoms with Gasteiger partial charge < -0.3 is 5.73 Å². The molecular weight excluding hydrogens is 245 g/mol. The number of nitrogens with zero attached hydrogens (tertiary/aromatic N) is 1. The van der Waals surface area contributed by atoms with Crippen LogP contribution in [0, 0.1) is 0 Å². The van der Waals surface area contributed by atoms with E-state index in [0.29, 0.717) is 5.56 Å². The molecular formula is C9H10Cl2F2N2. The molecule has 0 bridgehead atoms. The number of hydrogen-bond acceptors (Lipinski definition) is 2. The van der Waals surface area contributed by atoms with E-state index in [-0.39, 0.29) is 16.7 Å². The number of aromatic nitrogens is 1. The van der Waals surface area contributed by atoms with Crippen LogP contribution in [0.25, 0.3) is 0 Å². The summed E-state index contributed by atoms with van der Waals surface area (Å²) < 4.78 is 25.0. The number of alkyl halides is 2. The third-order valence-corrected chi connectivity index (χ3v) is 2.50. The van der Waals surface area contributed by atoms with Crippen molar-refractivity contribution in [3.63, 3.8) is 0 Å². The van der Waals surface area contributed by atoms with Crippen molar-refractivity contribution in [1.29, 1.82) is 0 Å². The van der Waals surface area contributed by atoms with Crippen LogP contribution in [0.2, 0.25) is 10.3 Å². The van der Waals surface area contributed by atoms with Gasteiger partial charge in [0.15, 0.2) is 0 Å². The van der Waals surface area contributed by atoms with E-state index in [2.05, 4.69) is 4.98 Å². The maximum atomic E-state index is 12.5. The number of rotatable bonds is 3. The lowest BCUT2D eigenvalue weighted by atomic mass is 9.95. The van der Waals surface area contributed by atoms with Crippen LogP contribution in [0.5, 0.6) is 0 Å². The van der Waals surface area contributed by atoms with Crippen molar-refractivity contribution >= 4 is 23.2 Å². The molecule has 6 heteroatoms. The summed E-state index contributed by atoms with van der Waals surface area (Å²) in [4.78, 5) is 3.75. The fourth-order valence-electron chi connectivity index (χ4n) is 1.06. The fourth-order valence-corrected chi connectivity index (χ4v) is 1.47. The molecule has 2 N–H and O–H groups in total. The zero-order valence-corrected chi connectivity index (χ0v) is 9.49. The monoisotopic (exact) mass is 254 g/mol. The molecule has 1 atom stereocenters. The van der Waals surface area contributed by atoms with Gasteiger partial charge in [0.05, 0.1) is 5.54 Å². The van der Waals surface area contributed by atoms with E-state index in [1.165, 1.54) is 13.0 Å². The van der Waals surface area contributed by atoms with Gasteiger partial charge in [0, 0.05) is 0 Å². The van der Waals surface area contributed by atoms with Crippen molar-refractivity contribution in [1.82, 2.24) is 4.98 Å². The second-order valence-electron chi connectivity index (χ2n) is 3.57. The van der Waals surface area contributed by atoms with Gasteiger partial charge in [-0.05, 0) is 25.0 Å². The first-order chi connectivity index (χ1) is 6.83. The van der Waals surface area contributed by atoms with Gasteiger partial charge >= 0.3 is 0 Å². The highest BCUT2D eigenvalue weighted by atomic mass is 35.5. The number of halogens is 4. The summed E-state index contributed by atoms with van der Waals surface area (Å²) in [5.41, 5.74) is 4.28. The van der Waals surface area contributed by atoms with Crippen LogP contribution in [-0.4, -0.2) is 16.9 Å². The van der Waals surface area contributed by atoms with E-state index >= 15 is 0 Å². The summed E-state index contributed by atoms with van der Waals surface area (Å²) in [6.45, 7) is 1.27. The van der Waals surface area contributed by atoms with E-state index < -0.39 is 12.0 Å². The summed E-state index contributed by atoms with van der Waals surface area (Å²) in [7, 11) is 0. The average molecular weight is 255 g/mol. The zero-order valence-electron chi connectivity index (χ0n) is 7.98. The molecule has 0 aliphatic heterocycles. The highest BCUT2D eigenvalue weighted by Crippen LogP contribution is 2.23. The standard InChI is InChI=1S/C9H10Cl2F2N2/c1-9(14,8(12)13)4-5-2-3-6(10)15-7(5)11/h2-3,8H,4,14H2,1H3. The van der Waals surface area contributed by atoms with Crippen molar-refractivity contribution in [3.05, 3.63) is 28.0 Å². The van der Waals surface area contributed by atoms with Gasteiger partial charge in [-0.1, -0.05) is 29.3 Å². The van der Waals surface area contributed by atoms with Crippen LogP contribution < -0.4 is 5.73 Å². The normalized spacial score (nSPS) is 15.4. The Bertz CT molecular complexity index is 356. The molecule has 0 radical (unpaired) electrons. The lowest BCUT2D eigenvalue weighted by Gasteiger charge is -2.23. The minimum absolute atomic E-state index is 0.0479. The Morgan fingerprint density at radius 2 is 2.07 bits per heavy atom. The Morgan fingerprint density at radius 1 is 1.47 bits per heavy atom. The minimum atomic E-state index is -2.62. The van der Waals surface area contributed by atoms with Crippen LogP contribution in [0.1, 0.15) is 12.5 Å². The smallest absolute Gasteiger partial charge is 0.256 e. The largest absolute Gasteiger partial charge is 0.320 e. The van der Waals surface area contributed by atoms with E-state index in [1.807, 2.05) is 0 Å². The zero-order chi connectivity index (χ0) is 11.6. The van der Waals surface area contributed by atoms with Crippen molar-refractivity contribution in [2.75, 3.05) is 0 Å². The van der Waals surface area contributed by atoms with E-state index in [1.54, 1.807) is 6.07 Å². The van der Waals surface area contributed by atoms with Crippen LogP contribution in [0.4, 0.5) is 8.78 Å². The molecule has 0 saturated heterocycles. The molecule has 2 nitrogen and oxygen atoms in total. The van der Waals surface area contributed by atoms with Gasteiger partial charge in [-0.3, -0.25) is 0 Å². The van der Waals surface area contributed by atoms with Gasteiger partial charge in [-0.2, -0.15) is 0 Å². The second kappa shape index (κ2) is 4.60. The molecule has 1 aromatic rings. The predicted octanol–water partition coefficient (Wildman–Crippen LogP) is 2.91. The highest BCUT2D eigenvalue weighted by Gasteiger charge is 2.31. The summed E-state index contributed by atoms with van der Waals surface area (Å²) in [6.07, 6.45) is -2.67. The molecule has 0 aromatic carbocycles. The Labute approximate surface area is 96.4 Å². The fraction of sp³-hybridized carbons (Fsp3) is 0.444. The Hall–Kier alpha value is -0.450. The van der Waals surface area contributed by atoms with Crippen molar-refractivity contribution in [2.45, 2.75) is 25.3 Å². The van der Waals surface area contributed by atoms with Crippen LogP contribution in [0.3, 0.4) is 0 Å². The Morgan fingerprint density at radius 3 is 2.53 bits per heavy atom. The Balaban J connectivity index is 2.90. The molecule has 0 spiro atoms. The topological polar surface area (TPSA) is 38.9 Å². The van der Waals surface area contributed by atoms with Gasteiger partial charge in [0.2, 0.25) is 0 Å². The molecule has 0 aliphatic rings. The summed E-state index contributed by atoms with van der Waals surface area (Å²) >= 11 is 11.3. The quantitative estimate of drug-likeness (QED) is 0.843. The van der Waals surface area contributed by atoms with Crippen molar-refractivity contribution < 1.29 is 8.78 Å². The molecule has 1 unspecified atom stereocenters. The molecule has 1 rings (SSSR count). The molecule has 0 amide bonds. The molecule has 15 heavy (non-hydrogen) atoms. The van der Waals surface area contributed by atoms with E-state index in [9.17, 15) is 8.78 Å². The lowest BCUT2D eigenvalue weighted by Crippen LogP contribution is -2.45. The molecule has 0 fully saturated rings. The summed E-state index contributed by atoms with van der Waals surface area (Å²) in [5, 5.41) is 0.333. The molecule has 0 aliphatic carbocycles. The number of nitrogens with two attached hydrogens (primary N) is 1. The molecule has 0 saturated carbocycles. The van der Waals surface area contributed by atoms with Crippen LogP contribution in [0.15, 0.2) is 12.1 Å². The van der Waals surface area contributed by atoms with Crippen LogP contribution in [-0.2, 0) is 6.42 Å².